The van der Waals surface area contributed by atoms with Crippen LogP contribution in [0.5, 0.6) is 0 Å². The molecule has 1 aliphatic heterocycles. The van der Waals surface area contributed by atoms with Crippen LogP contribution < -0.4 is 5.32 Å². The highest BCUT2D eigenvalue weighted by molar-refractivity contribution is 7.89. The Bertz CT molecular complexity index is 722. The van der Waals surface area contributed by atoms with Crippen LogP contribution in [0.15, 0.2) is 24.3 Å². The van der Waals surface area contributed by atoms with E-state index >= 15 is 0 Å². The number of nitrogens with zero attached hydrogens (tertiary/aromatic N) is 1. The van der Waals surface area contributed by atoms with Gasteiger partial charge in [-0.05, 0) is 48.6 Å². The topological polar surface area (TPSA) is 66.5 Å². The first-order chi connectivity index (χ1) is 11.4. The number of hydrogen-bond donors (Lipinski definition) is 1. The fourth-order valence-electron chi connectivity index (χ4n) is 4.38. The molecular formula is C18H26N2O3S. The van der Waals surface area contributed by atoms with Gasteiger partial charge in [0.25, 0.3) is 0 Å². The summed E-state index contributed by atoms with van der Waals surface area (Å²) in [4.78, 5) is 11.9. The molecule has 1 fully saturated rings. The van der Waals surface area contributed by atoms with Crippen LogP contribution >= 0.6 is 0 Å². The highest BCUT2D eigenvalue weighted by Gasteiger charge is 2.46. The maximum absolute atomic E-state index is 12.1. The normalized spacial score (nSPS) is 23.2. The molecule has 1 amide bonds. The molecule has 5 nitrogen and oxygen atoms in total. The summed E-state index contributed by atoms with van der Waals surface area (Å²) in [5.74, 6) is 0.462. The van der Waals surface area contributed by atoms with E-state index in [0.717, 1.165) is 19.3 Å². The molecular weight excluding hydrogens is 324 g/mol. The minimum Gasteiger partial charge on any atom is -0.359 e. The van der Waals surface area contributed by atoms with E-state index in [-0.39, 0.29) is 23.0 Å². The van der Waals surface area contributed by atoms with Crippen molar-refractivity contribution in [3.05, 3.63) is 35.4 Å². The fourth-order valence-corrected chi connectivity index (χ4v) is 5.49. The van der Waals surface area contributed by atoms with Gasteiger partial charge in [0.05, 0.1) is 5.75 Å². The van der Waals surface area contributed by atoms with E-state index in [2.05, 4.69) is 23.5 Å². The number of piperidine rings is 1. The number of benzene rings is 1. The standard InChI is InChI=1S/C18H26N2O3S/c1-3-24(22,23)20-10-8-18(9-11-20)13-14(12-17(21)19-2)15-6-4-5-7-16(15)18/h4-7,14H,3,8-13H2,1-2H3,(H,19,21). The third kappa shape index (κ3) is 2.97. The highest BCUT2D eigenvalue weighted by atomic mass is 32.2. The van der Waals surface area contributed by atoms with Crippen LogP contribution in [0.4, 0.5) is 0 Å². The lowest BCUT2D eigenvalue weighted by Crippen LogP contribution is -2.44. The van der Waals surface area contributed by atoms with Crippen LogP contribution in [-0.2, 0) is 20.2 Å². The van der Waals surface area contributed by atoms with Gasteiger partial charge in [-0.25, -0.2) is 12.7 Å². The Morgan fingerprint density at radius 3 is 2.58 bits per heavy atom. The van der Waals surface area contributed by atoms with E-state index in [0.29, 0.717) is 19.5 Å². The van der Waals surface area contributed by atoms with Gasteiger partial charge in [-0.15, -0.1) is 0 Å². The minimum atomic E-state index is -3.11. The molecule has 1 N–H and O–H groups in total. The molecule has 24 heavy (non-hydrogen) atoms. The third-order valence-corrected chi connectivity index (χ3v) is 7.64. The zero-order valence-corrected chi connectivity index (χ0v) is 15.2. The predicted molar refractivity (Wildman–Crippen MR) is 94.4 cm³/mol. The Hall–Kier alpha value is -1.40. The van der Waals surface area contributed by atoms with Crippen molar-refractivity contribution in [1.29, 1.82) is 0 Å². The summed E-state index contributed by atoms with van der Waals surface area (Å²) >= 11 is 0. The number of hydrogen-bond acceptors (Lipinski definition) is 3. The number of sulfonamides is 1. The summed E-state index contributed by atoms with van der Waals surface area (Å²) in [7, 11) is -1.44. The van der Waals surface area contributed by atoms with Crippen molar-refractivity contribution in [3.63, 3.8) is 0 Å². The summed E-state index contributed by atoms with van der Waals surface area (Å²) in [6, 6.07) is 8.39. The van der Waals surface area contributed by atoms with Crippen molar-refractivity contribution >= 4 is 15.9 Å². The van der Waals surface area contributed by atoms with Crippen LogP contribution in [0, 0.1) is 0 Å². The molecule has 1 aromatic rings. The number of fused-ring (bicyclic) bond motifs is 2. The Morgan fingerprint density at radius 2 is 1.96 bits per heavy atom. The van der Waals surface area contributed by atoms with E-state index in [1.807, 2.05) is 6.07 Å². The largest absolute Gasteiger partial charge is 0.359 e. The molecule has 2 aliphatic rings. The lowest BCUT2D eigenvalue weighted by molar-refractivity contribution is -0.121. The van der Waals surface area contributed by atoms with Gasteiger partial charge in [0.15, 0.2) is 0 Å². The van der Waals surface area contributed by atoms with E-state index in [4.69, 9.17) is 0 Å². The highest BCUT2D eigenvalue weighted by Crippen LogP contribution is 2.52. The Labute approximate surface area is 144 Å². The molecule has 0 bridgehead atoms. The quantitative estimate of drug-likeness (QED) is 0.903. The molecule has 6 heteroatoms. The molecule has 1 spiro atoms. The van der Waals surface area contributed by atoms with Crippen LogP contribution in [0.3, 0.4) is 0 Å². The van der Waals surface area contributed by atoms with Crippen molar-refractivity contribution in [3.8, 4) is 0 Å². The summed E-state index contributed by atoms with van der Waals surface area (Å²) in [5, 5.41) is 2.72. The number of nitrogens with one attached hydrogen (secondary N) is 1. The Morgan fingerprint density at radius 1 is 1.29 bits per heavy atom. The second-order valence-corrected chi connectivity index (χ2v) is 9.20. The van der Waals surface area contributed by atoms with E-state index in [1.165, 1.54) is 11.1 Å². The summed E-state index contributed by atoms with van der Waals surface area (Å²) in [5.41, 5.74) is 2.62. The van der Waals surface area contributed by atoms with E-state index in [9.17, 15) is 13.2 Å². The van der Waals surface area contributed by atoms with Crippen molar-refractivity contribution in [1.82, 2.24) is 9.62 Å². The average Bonchev–Trinajstić information content (AvgIpc) is 2.89. The van der Waals surface area contributed by atoms with Gasteiger partial charge in [0, 0.05) is 26.6 Å². The lowest BCUT2D eigenvalue weighted by atomic mass is 9.73. The SMILES string of the molecule is CCS(=O)(=O)N1CCC2(CC1)CC(CC(=O)NC)c1ccccc12. The lowest BCUT2D eigenvalue weighted by Gasteiger charge is -2.39. The Balaban J connectivity index is 1.84. The van der Waals surface area contributed by atoms with Crippen molar-refractivity contribution in [2.24, 2.45) is 0 Å². The molecule has 1 saturated heterocycles. The van der Waals surface area contributed by atoms with Gasteiger partial charge in [0.2, 0.25) is 15.9 Å². The van der Waals surface area contributed by atoms with Gasteiger partial charge in [-0.1, -0.05) is 24.3 Å². The maximum Gasteiger partial charge on any atom is 0.220 e. The second-order valence-electron chi connectivity index (χ2n) is 6.95. The molecule has 0 saturated carbocycles. The predicted octanol–water partition coefficient (Wildman–Crippen LogP) is 1.99. The summed E-state index contributed by atoms with van der Waals surface area (Å²) < 4.78 is 25.9. The first-order valence-corrected chi connectivity index (χ1v) is 10.3. The molecule has 1 unspecified atom stereocenters. The molecule has 0 aromatic heterocycles. The minimum absolute atomic E-state index is 0.0229. The third-order valence-electron chi connectivity index (χ3n) is 5.76. The van der Waals surface area contributed by atoms with Crippen LogP contribution in [0.25, 0.3) is 0 Å². The van der Waals surface area contributed by atoms with E-state index < -0.39 is 10.0 Å². The monoisotopic (exact) mass is 350 g/mol. The second kappa shape index (κ2) is 6.48. The van der Waals surface area contributed by atoms with Crippen molar-refractivity contribution in [2.45, 2.75) is 43.9 Å². The van der Waals surface area contributed by atoms with Gasteiger partial charge in [-0.3, -0.25) is 4.79 Å². The number of rotatable bonds is 4. The van der Waals surface area contributed by atoms with Crippen molar-refractivity contribution in [2.75, 3.05) is 25.9 Å². The van der Waals surface area contributed by atoms with Crippen LogP contribution in [-0.4, -0.2) is 44.5 Å². The average molecular weight is 350 g/mol. The van der Waals surface area contributed by atoms with E-state index in [1.54, 1.807) is 18.3 Å². The van der Waals surface area contributed by atoms with Crippen molar-refractivity contribution < 1.29 is 13.2 Å². The summed E-state index contributed by atoms with van der Waals surface area (Å²) in [6.45, 7) is 2.86. The summed E-state index contributed by atoms with van der Waals surface area (Å²) in [6.07, 6.45) is 3.13. The maximum atomic E-state index is 12.1. The zero-order valence-electron chi connectivity index (χ0n) is 14.4. The zero-order chi connectivity index (χ0) is 17.4. The number of carbonyl (C=O) groups is 1. The Kier molecular flexibility index (Phi) is 4.71. The van der Waals surface area contributed by atoms with Gasteiger partial charge in [0.1, 0.15) is 0 Å². The smallest absolute Gasteiger partial charge is 0.220 e. The molecule has 1 aromatic carbocycles. The first kappa shape index (κ1) is 17.4. The first-order valence-electron chi connectivity index (χ1n) is 8.70. The molecule has 1 heterocycles. The molecule has 0 radical (unpaired) electrons. The van der Waals surface area contributed by atoms with Gasteiger partial charge < -0.3 is 5.32 Å². The van der Waals surface area contributed by atoms with Gasteiger partial charge >= 0.3 is 0 Å². The number of amides is 1. The van der Waals surface area contributed by atoms with Crippen LogP contribution in [0.2, 0.25) is 0 Å². The molecule has 3 rings (SSSR count). The fraction of sp³-hybridized carbons (Fsp3) is 0.611. The molecule has 132 valence electrons. The number of carbonyl (C=O) groups excluding carboxylic acids is 1. The molecule has 1 atom stereocenters. The van der Waals surface area contributed by atoms with Crippen LogP contribution in [0.1, 0.15) is 49.7 Å². The van der Waals surface area contributed by atoms with Gasteiger partial charge in [-0.2, -0.15) is 0 Å². The molecule has 1 aliphatic carbocycles.